The summed E-state index contributed by atoms with van der Waals surface area (Å²) in [7, 11) is -4.39. The molecule has 0 saturated heterocycles. The Morgan fingerprint density at radius 2 is 1.30 bits per heavy atom. The van der Waals surface area contributed by atoms with Gasteiger partial charge in [-0.2, -0.15) is 15.0 Å². The molecule has 2 rings (SSSR count). The number of aromatic nitrogens is 3. The minimum atomic E-state index is -4.39. The van der Waals surface area contributed by atoms with Gasteiger partial charge in [0.2, 0.25) is 17.8 Å². The Morgan fingerprint density at radius 3 is 1.65 bits per heavy atom. The molecule has 11 heteroatoms. The van der Waals surface area contributed by atoms with Crippen LogP contribution in [0.4, 0.5) is 17.8 Å². The van der Waals surface area contributed by atoms with E-state index in [1.165, 1.54) is 12.1 Å². The number of nitrogen functional groups attached to an aromatic ring is 3. The summed E-state index contributed by atoms with van der Waals surface area (Å²) in [6.45, 7) is 0. The van der Waals surface area contributed by atoms with Crippen molar-refractivity contribution < 1.29 is 18.9 Å². The first kappa shape index (κ1) is 15.6. The van der Waals surface area contributed by atoms with Crippen LogP contribution in [0.5, 0.6) is 5.75 Å². The van der Waals surface area contributed by atoms with Crippen molar-refractivity contribution in [3.63, 3.8) is 0 Å². The zero-order chi connectivity index (χ0) is 15.2. The zero-order valence-corrected chi connectivity index (χ0v) is 11.0. The van der Waals surface area contributed by atoms with E-state index in [0.717, 1.165) is 0 Å². The van der Waals surface area contributed by atoms with Crippen molar-refractivity contribution in [2.45, 2.75) is 0 Å². The van der Waals surface area contributed by atoms with E-state index >= 15 is 0 Å². The average molecular weight is 300 g/mol. The summed E-state index contributed by atoms with van der Waals surface area (Å²) < 4.78 is 14.5. The van der Waals surface area contributed by atoms with Crippen LogP contribution in [0.3, 0.4) is 0 Å². The van der Waals surface area contributed by atoms with E-state index in [1.54, 1.807) is 18.2 Å². The Kier molecular flexibility index (Phi) is 5.21. The molecule has 0 aliphatic carbocycles. The molecule has 0 atom stereocenters. The first-order chi connectivity index (χ1) is 9.26. The summed E-state index contributed by atoms with van der Waals surface area (Å²) in [6.07, 6.45) is 0. The lowest BCUT2D eigenvalue weighted by atomic mass is 10.3. The lowest BCUT2D eigenvalue weighted by Crippen LogP contribution is -2.05. The number of phosphoric ester groups is 1. The van der Waals surface area contributed by atoms with Gasteiger partial charge in [0, 0.05) is 0 Å². The van der Waals surface area contributed by atoms with Crippen LogP contribution >= 0.6 is 7.82 Å². The number of hydrogen-bond donors (Lipinski definition) is 5. The van der Waals surface area contributed by atoms with Crippen molar-refractivity contribution in [3.8, 4) is 5.75 Å². The fourth-order valence-electron chi connectivity index (χ4n) is 1.05. The third kappa shape index (κ3) is 6.50. The van der Waals surface area contributed by atoms with Crippen LogP contribution in [-0.2, 0) is 4.57 Å². The average Bonchev–Trinajstić information content (AvgIpc) is 2.26. The lowest BCUT2D eigenvalue weighted by Gasteiger charge is -2.04. The molecule has 0 aliphatic heterocycles. The summed E-state index contributed by atoms with van der Waals surface area (Å²) in [5.74, 6) is 0.292. The molecule has 0 radical (unpaired) electrons. The maximum absolute atomic E-state index is 10.3. The van der Waals surface area contributed by atoms with Crippen LogP contribution in [0.1, 0.15) is 0 Å². The maximum Gasteiger partial charge on any atom is 0.524 e. The van der Waals surface area contributed by atoms with Crippen molar-refractivity contribution in [2.75, 3.05) is 17.2 Å². The van der Waals surface area contributed by atoms with Crippen molar-refractivity contribution >= 4 is 25.7 Å². The Labute approximate surface area is 113 Å². The quantitative estimate of drug-likeness (QED) is 0.464. The van der Waals surface area contributed by atoms with E-state index in [2.05, 4.69) is 19.5 Å². The van der Waals surface area contributed by atoms with Gasteiger partial charge in [0.15, 0.2) is 0 Å². The number of benzene rings is 1. The monoisotopic (exact) mass is 300 g/mol. The molecule has 0 spiro atoms. The molecule has 0 amide bonds. The van der Waals surface area contributed by atoms with E-state index in [1.807, 2.05) is 0 Å². The number of nitrogens with two attached hydrogens (primary N) is 3. The number of phosphoric acid groups is 1. The molecule has 0 bridgehead atoms. The van der Waals surface area contributed by atoms with Gasteiger partial charge in [-0.1, -0.05) is 18.2 Å². The van der Waals surface area contributed by atoms with Gasteiger partial charge in [-0.05, 0) is 12.1 Å². The molecule has 0 fully saturated rings. The van der Waals surface area contributed by atoms with Crippen molar-refractivity contribution in [2.24, 2.45) is 0 Å². The lowest BCUT2D eigenvalue weighted by molar-refractivity contribution is 0.283. The van der Waals surface area contributed by atoms with Crippen molar-refractivity contribution in [1.29, 1.82) is 0 Å². The molecule has 2 aromatic rings. The third-order valence-corrected chi connectivity index (χ3v) is 2.10. The standard InChI is InChI=1S/C6H7O4P.C3H6N6/c7-11(8,9)10-6-4-2-1-3-5-6;4-1-7-2(5)9-3(6)8-1/h1-5H,(H2,7,8,9);(H6,4,5,6,7,8,9). The summed E-state index contributed by atoms with van der Waals surface area (Å²) in [4.78, 5) is 27.2. The largest absolute Gasteiger partial charge is 0.524 e. The van der Waals surface area contributed by atoms with Crippen LogP contribution in [0, 0.1) is 0 Å². The predicted octanol–water partition coefficient (Wildman–Crippen LogP) is -0.224. The smallest absolute Gasteiger partial charge is 0.404 e. The number of para-hydroxylation sites is 1. The van der Waals surface area contributed by atoms with E-state index in [9.17, 15) is 4.57 Å². The second-order valence-corrected chi connectivity index (χ2v) is 4.47. The molecule has 8 N–H and O–H groups in total. The Balaban J connectivity index is 0.000000204. The molecular formula is C9H13N6O4P. The maximum atomic E-state index is 10.3. The highest BCUT2D eigenvalue weighted by molar-refractivity contribution is 7.46. The number of rotatable bonds is 2. The second-order valence-electron chi connectivity index (χ2n) is 3.30. The molecule has 10 nitrogen and oxygen atoms in total. The zero-order valence-electron chi connectivity index (χ0n) is 10.1. The van der Waals surface area contributed by atoms with Gasteiger partial charge < -0.3 is 21.7 Å². The van der Waals surface area contributed by atoms with E-state index < -0.39 is 7.82 Å². The minimum Gasteiger partial charge on any atom is -0.404 e. The first-order valence-electron chi connectivity index (χ1n) is 5.09. The molecule has 108 valence electrons. The number of nitrogens with zero attached hydrogens (tertiary/aromatic N) is 3. The van der Waals surface area contributed by atoms with Crippen LogP contribution in [0.15, 0.2) is 30.3 Å². The fraction of sp³-hybridized carbons (Fsp3) is 0. The predicted molar refractivity (Wildman–Crippen MR) is 72.2 cm³/mol. The van der Waals surface area contributed by atoms with Crippen LogP contribution in [-0.4, -0.2) is 24.7 Å². The highest BCUT2D eigenvalue weighted by Crippen LogP contribution is 2.36. The topological polar surface area (TPSA) is 183 Å². The van der Waals surface area contributed by atoms with E-state index in [4.69, 9.17) is 27.0 Å². The van der Waals surface area contributed by atoms with Gasteiger partial charge in [-0.3, -0.25) is 9.79 Å². The molecule has 1 heterocycles. The SMILES string of the molecule is Nc1nc(N)nc(N)n1.O=P(O)(O)Oc1ccccc1. The summed E-state index contributed by atoms with van der Waals surface area (Å²) >= 11 is 0. The molecule has 1 aromatic carbocycles. The van der Waals surface area contributed by atoms with Crippen molar-refractivity contribution in [1.82, 2.24) is 15.0 Å². The number of hydrogen-bond acceptors (Lipinski definition) is 8. The van der Waals surface area contributed by atoms with Gasteiger partial charge in [-0.15, -0.1) is 0 Å². The van der Waals surface area contributed by atoms with Gasteiger partial charge in [0.05, 0.1) is 0 Å². The first-order valence-corrected chi connectivity index (χ1v) is 6.62. The molecule has 1 aromatic heterocycles. The summed E-state index contributed by atoms with van der Waals surface area (Å²) in [6, 6.07) is 7.93. The normalized spacial score (nSPS) is 10.3. The minimum absolute atomic E-state index is 0.0417. The van der Waals surface area contributed by atoms with Crippen molar-refractivity contribution in [3.05, 3.63) is 30.3 Å². The molecule has 0 unspecified atom stereocenters. The molecule has 20 heavy (non-hydrogen) atoms. The van der Waals surface area contributed by atoms with Gasteiger partial charge in [0.1, 0.15) is 5.75 Å². The summed E-state index contributed by atoms with van der Waals surface area (Å²) in [5.41, 5.74) is 15.4. The Morgan fingerprint density at radius 1 is 0.900 bits per heavy atom. The molecular weight excluding hydrogens is 287 g/mol. The second kappa shape index (κ2) is 6.66. The Hall–Kier alpha value is -2.42. The molecule has 0 aliphatic rings. The highest BCUT2D eigenvalue weighted by Gasteiger charge is 2.14. The third-order valence-electron chi connectivity index (χ3n) is 1.65. The van der Waals surface area contributed by atoms with Gasteiger partial charge >= 0.3 is 7.82 Å². The van der Waals surface area contributed by atoms with Crippen LogP contribution in [0.2, 0.25) is 0 Å². The van der Waals surface area contributed by atoms with Gasteiger partial charge in [-0.25, -0.2) is 4.57 Å². The highest BCUT2D eigenvalue weighted by atomic mass is 31.2. The van der Waals surface area contributed by atoms with Gasteiger partial charge in [0.25, 0.3) is 0 Å². The van der Waals surface area contributed by atoms with E-state index in [0.29, 0.717) is 0 Å². The van der Waals surface area contributed by atoms with E-state index in [-0.39, 0.29) is 23.6 Å². The fourth-order valence-corrected chi connectivity index (χ4v) is 1.44. The molecule has 0 saturated carbocycles. The van der Waals surface area contributed by atoms with Crippen LogP contribution in [0.25, 0.3) is 0 Å². The van der Waals surface area contributed by atoms with Crippen LogP contribution < -0.4 is 21.7 Å². The number of anilines is 3. The summed E-state index contributed by atoms with van der Waals surface area (Å²) in [5, 5.41) is 0. The Bertz CT molecular complexity index is 554.